The number of rotatable bonds is 5. The zero-order valence-electron chi connectivity index (χ0n) is 11.8. The van der Waals surface area contributed by atoms with Gasteiger partial charge in [0.2, 0.25) is 0 Å². The summed E-state index contributed by atoms with van der Waals surface area (Å²) >= 11 is 0. The van der Waals surface area contributed by atoms with Crippen molar-refractivity contribution < 1.29 is 0 Å². The normalized spacial score (nSPS) is 11.0. The van der Waals surface area contributed by atoms with E-state index >= 15 is 0 Å². The molecule has 1 aromatic carbocycles. The molecule has 0 amide bonds. The Morgan fingerprint density at radius 3 is 2.71 bits per heavy atom. The molecule has 0 atom stereocenters. The van der Waals surface area contributed by atoms with Gasteiger partial charge in [0.05, 0.1) is 0 Å². The second kappa shape index (κ2) is 5.84. The van der Waals surface area contributed by atoms with Gasteiger partial charge < -0.3 is 10.6 Å². The molecule has 2 heterocycles. The van der Waals surface area contributed by atoms with Crippen LogP contribution in [0.4, 0.5) is 5.82 Å². The molecule has 108 valence electrons. The minimum atomic E-state index is 0.535. The van der Waals surface area contributed by atoms with E-state index in [9.17, 15) is 0 Å². The number of tetrazole rings is 1. The Morgan fingerprint density at radius 2 is 1.95 bits per heavy atom. The number of hydrogen-bond acceptors (Lipinski definition) is 6. The first-order valence-electron chi connectivity index (χ1n) is 6.89. The van der Waals surface area contributed by atoms with E-state index < -0.39 is 0 Å². The summed E-state index contributed by atoms with van der Waals surface area (Å²) in [7, 11) is 0. The highest BCUT2D eigenvalue weighted by Gasteiger charge is 2.10. The van der Waals surface area contributed by atoms with Gasteiger partial charge in [-0.15, -0.1) is 14.8 Å². The first kappa shape index (κ1) is 13.4. The fourth-order valence-corrected chi connectivity index (χ4v) is 2.28. The number of aromatic nitrogens is 5. The predicted octanol–water partition coefficient (Wildman–Crippen LogP) is 1.00. The summed E-state index contributed by atoms with van der Waals surface area (Å²) in [6, 6.07) is 12.0. The summed E-state index contributed by atoms with van der Waals surface area (Å²) in [6.07, 6.45) is 0. The molecule has 0 bridgehead atoms. The topological polar surface area (TPSA) is 85.2 Å². The van der Waals surface area contributed by atoms with Crippen molar-refractivity contribution in [2.45, 2.75) is 20.0 Å². The van der Waals surface area contributed by atoms with Crippen LogP contribution in [0.2, 0.25) is 0 Å². The van der Waals surface area contributed by atoms with Crippen LogP contribution in [0.15, 0.2) is 36.4 Å². The zero-order valence-corrected chi connectivity index (χ0v) is 11.8. The molecule has 7 heteroatoms. The highest BCUT2D eigenvalue weighted by molar-refractivity contribution is 5.45. The summed E-state index contributed by atoms with van der Waals surface area (Å²) in [6.45, 7) is 4.22. The molecule has 7 nitrogen and oxygen atoms in total. The Kier molecular flexibility index (Phi) is 3.74. The third kappa shape index (κ3) is 2.68. The van der Waals surface area contributed by atoms with Crippen molar-refractivity contribution >= 4 is 11.5 Å². The van der Waals surface area contributed by atoms with Crippen molar-refractivity contribution in [3.05, 3.63) is 47.5 Å². The highest BCUT2D eigenvalue weighted by Crippen LogP contribution is 2.16. The molecule has 2 N–H and O–H groups in total. The van der Waals surface area contributed by atoms with Gasteiger partial charge in [0.1, 0.15) is 0 Å². The van der Waals surface area contributed by atoms with Crippen LogP contribution in [0.1, 0.15) is 18.1 Å². The second-order valence-electron chi connectivity index (χ2n) is 4.71. The molecule has 0 unspecified atom stereocenters. The van der Waals surface area contributed by atoms with Crippen molar-refractivity contribution in [3.63, 3.8) is 0 Å². The molecule has 0 aliphatic rings. The third-order valence-corrected chi connectivity index (χ3v) is 3.46. The van der Waals surface area contributed by atoms with Crippen molar-refractivity contribution in [2.75, 3.05) is 11.4 Å². The molecule has 0 fully saturated rings. The quantitative estimate of drug-likeness (QED) is 0.752. The zero-order chi connectivity index (χ0) is 14.7. The number of benzene rings is 1. The van der Waals surface area contributed by atoms with Crippen molar-refractivity contribution in [1.29, 1.82) is 0 Å². The maximum atomic E-state index is 5.80. The summed E-state index contributed by atoms with van der Waals surface area (Å²) in [5.74, 6) is 0.837. The predicted molar refractivity (Wildman–Crippen MR) is 79.6 cm³/mol. The summed E-state index contributed by atoms with van der Waals surface area (Å²) in [5.41, 5.74) is 8.80. The fourth-order valence-electron chi connectivity index (χ4n) is 2.28. The van der Waals surface area contributed by atoms with Crippen LogP contribution >= 0.6 is 0 Å². The van der Waals surface area contributed by atoms with Crippen LogP contribution in [0.25, 0.3) is 5.65 Å². The Bertz CT molecular complexity index is 737. The molecule has 0 aliphatic heterocycles. The van der Waals surface area contributed by atoms with Crippen molar-refractivity contribution in [3.8, 4) is 0 Å². The molecular formula is C14H17N7. The minimum Gasteiger partial charge on any atom is -0.351 e. The van der Waals surface area contributed by atoms with Gasteiger partial charge in [0.25, 0.3) is 0 Å². The Hall–Kier alpha value is -2.54. The Labute approximate surface area is 122 Å². The first-order valence-corrected chi connectivity index (χ1v) is 6.89. The molecule has 0 radical (unpaired) electrons. The smallest absolute Gasteiger partial charge is 0.200 e. The van der Waals surface area contributed by atoms with E-state index in [-0.39, 0.29) is 0 Å². The number of anilines is 1. The molecule has 3 rings (SSSR count). The van der Waals surface area contributed by atoms with Crippen LogP contribution in [0.5, 0.6) is 0 Å². The van der Waals surface area contributed by atoms with Crippen LogP contribution in [0, 0.1) is 0 Å². The summed E-state index contributed by atoms with van der Waals surface area (Å²) in [5, 5.41) is 15.7. The lowest BCUT2D eigenvalue weighted by molar-refractivity contribution is 0.707. The number of fused-ring (bicyclic) bond motifs is 1. The van der Waals surface area contributed by atoms with Gasteiger partial charge in [0.15, 0.2) is 11.5 Å². The summed E-state index contributed by atoms with van der Waals surface area (Å²) < 4.78 is 1.44. The monoisotopic (exact) mass is 283 g/mol. The molecule has 0 saturated heterocycles. The third-order valence-electron chi connectivity index (χ3n) is 3.46. The van der Waals surface area contributed by atoms with Gasteiger partial charge in [-0.2, -0.15) is 0 Å². The van der Waals surface area contributed by atoms with Crippen molar-refractivity contribution in [1.82, 2.24) is 25.3 Å². The lowest BCUT2D eigenvalue weighted by atomic mass is 10.1. The molecular weight excluding hydrogens is 266 g/mol. The van der Waals surface area contributed by atoms with E-state index in [1.54, 1.807) is 0 Å². The van der Waals surface area contributed by atoms with Gasteiger partial charge >= 0.3 is 0 Å². The van der Waals surface area contributed by atoms with E-state index in [0.717, 1.165) is 24.5 Å². The van der Waals surface area contributed by atoms with Crippen LogP contribution in [-0.4, -0.2) is 31.8 Å². The van der Waals surface area contributed by atoms with Gasteiger partial charge in [0, 0.05) is 19.6 Å². The van der Waals surface area contributed by atoms with Crippen LogP contribution in [-0.2, 0) is 13.1 Å². The SMILES string of the molecule is CCN(Cc1ccccc1CN)c1ccc2nnnn2n1. The first-order chi connectivity index (χ1) is 10.3. The average Bonchev–Trinajstić information content (AvgIpc) is 3.00. The maximum Gasteiger partial charge on any atom is 0.200 e. The molecule has 0 spiro atoms. The minimum absolute atomic E-state index is 0.535. The van der Waals surface area contributed by atoms with Gasteiger partial charge in [-0.1, -0.05) is 24.3 Å². The van der Waals surface area contributed by atoms with Gasteiger partial charge in [-0.3, -0.25) is 0 Å². The standard InChI is InChI=1S/C14H17N7/c1-2-20(10-12-6-4-3-5-11(12)9-15)14-8-7-13-16-18-19-21(13)17-14/h3-8H,2,9-10,15H2,1H3. The van der Waals surface area contributed by atoms with E-state index in [1.807, 2.05) is 24.3 Å². The number of nitrogens with zero attached hydrogens (tertiary/aromatic N) is 6. The molecule has 0 saturated carbocycles. The van der Waals surface area contributed by atoms with E-state index in [2.05, 4.69) is 44.6 Å². The largest absolute Gasteiger partial charge is 0.351 e. The van der Waals surface area contributed by atoms with Crippen molar-refractivity contribution in [2.24, 2.45) is 5.73 Å². The van der Waals surface area contributed by atoms with Gasteiger partial charge in [-0.25, -0.2) is 0 Å². The maximum absolute atomic E-state index is 5.80. The van der Waals surface area contributed by atoms with E-state index in [4.69, 9.17) is 5.73 Å². The van der Waals surface area contributed by atoms with Crippen LogP contribution in [0.3, 0.4) is 0 Å². The van der Waals surface area contributed by atoms with Crippen LogP contribution < -0.4 is 10.6 Å². The lowest BCUT2D eigenvalue weighted by Gasteiger charge is -2.22. The van der Waals surface area contributed by atoms with E-state index in [1.165, 1.54) is 10.2 Å². The van der Waals surface area contributed by atoms with Gasteiger partial charge in [-0.05, 0) is 40.6 Å². The second-order valence-corrected chi connectivity index (χ2v) is 4.71. The molecule has 21 heavy (non-hydrogen) atoms. The van der Waals surface area contributed by atoms with E-state index in [0.29, 0.717) is 12.2 Å². The summed E-state index contributed by atoms with van der Waals surface area (Å²) in [4.78, 5) is 2.16. The molecule has 2 aromatic heterocycles. The lowest BCUT2D eigenvalue weighted by Crippen LogP contribution is -2.24. The number of nitrogens with two attached hydrogens (primary N) is 1. The Morgan fingerprint density at radius 1 is 1.14 bits per heavy atom. The Balaban J connectivity index is 1.90. The fraction of sp³-hybridized carbons (Fsp3) is 0.286. The molecule has 0 aliphatic carbocycles. The number of hydrogen-bond donors (Lipinski definition) is 1. The highest BCUT2D eigenvalue weighted by atomic mass is 15.6. The molecule has 3 aromatic rings. The average molecular weight is 283 g/mol.